The van der Waals surface area contributed by atoms with E-state index in [4.69, 9.17) is 0 Å². The van der Waals surface area contributed by atoms with Gasteiger partial charge in [-0.2, -0.15) is 0 Å². The summed E-state index contributed by atoms with van der Waals surface area (Å²) in [5.41, 5.74) is 10.6. The Labute approximate surface area is 272 Å². The van der Waals surface area contributed by atoms with E-state index in [0.29, 0.717) is 41.0 Å². The van der Waals surface area contributed by atoms with Crippen LogP contribution in [0.3, 0.4) is 0 Å². The number of hydrogen-bond donors (Lipinski definition) is 0. The lowest BCUT2D eigenvalue weighted by Gasteiger charge is -2.40. The maximum absolute atomic E-state index is 2.68. The molecule has 0 heterocycles. The summed E-state index contributed by atoms with van der Waals surface area (Å²) < 4.78 is 0. The molecule has 0 fully saturated rings. The highest BCUT2D eigenvalue weighted by molar-refractivity contribution is 7.13. The minimum Gasteiger partial charge on any atom is -0.0790 e. The van der Waals surface area contributed by atoms with Gasteiger partial charge in [0, 0.05) is 5.54 Å². The fourth-order valence-corrected chi connectivity index (χ4v) is 12.2. The Bertz CT molecular complexity index is 1280. The van der Waals surface area contributed by atoms with Crippen LogP contribution < -0.4 is 15.6 Å². The van der Waals surface area contributed by atoms with Crippen LogP contribution in [0.15, 0.2) is 78.4 Å². The highest BCUT2D eigenvalue weighted by Crippen LogP contribution is 2.36. The van der Waals surface area contributed by atoms with Crippen LogP contribution in [0, 0.1) is 0 Å². The van der Waals surface area contributed by atoms with Gasteiger partial charge in [0.05, 0.1) is 0 Å². The summed E-state index contributed by atoms with van der Waals surface area (Å²) in [6.07, 6.45) is 8.74. The van der Waals surface area contributed by atoms with E-state index in [-0.39, 0.29) is 0 Å². The van der Waals surface area contributed by atoms with Gasteiger partial charge in [0.15, 0.2) is 8.07 Å². The molecule has 236 valence electrons. The van der Waals surface area contributed by atoms with Gasteiger partial charge in [-0.15, -0.1) is 0 Å². The van der Waals surface area contributed by atoms with Crippen LogP contribution in [0.2, 0.25) is 5.54 Å². The first kappa shape index (κ1) is 34.2. The molecule has 4 rings (SSSR count). The summed E-state index contributed by atoms with van der Waals surface area (Å²) in [4.78, 5) is 0. The van der Waals surface area contributed by atoms with Crippen molar-refractivity contribution in [2.24, 2.45) is 0 Å². The highest BCUT2D eigenvalue weighted by atomic mass is 28.3. The summed E-state index contributed by atoms with van der Waals surface area (Å²) in [6, 6.07) is 23.2. The first-order valence-corrected chi connectivity index (χ1v) is 19.6. The van der Waals surface area contributed by atoms with Crippen LogP contribution in [-0.4, -0.2) is 8.07 Å². The lowest BCUT2D eigenvalue weighted by Crippen LogP contribution is -2.69. The first-order valence-electron chi connectivity index (χ1n) is 17.5. The predicted molar refractivity (Wildman–Crippen MR) is 200 cm³/mol. The van der Waals surface area contributed by atoms with E-state index < -0.39 is 8.07 Å². The van der Waals surface area contributed by atoms with Crippen LogP contribution >= 0.6 is 0 Å². The smallest absolute Gasteiger partial charge is 0.0790 e. The van der Waals surface area contributed by atoms with Crippen molar-refractivity contribution >= 4 is 23.6 Å². The molecule has 0 spiro atoms. The number of rotatable bonds is 11. The zero-order chi connectivity index (χ0) is 32.5. The summed E-state index contributed by atoms with van der Waals surface area (Å²) >= 11 is 0. The molecule has 3 aromatic carbocycles. The molecule has 1 heteroatoms. The number of benzene rings is 3. The molecule has 0 bridgehead atoms. The van der Waals surface area contributed by atoms with Gasteiger partial charge in [-0.1, -0.05) is 168 Å². The SMILES string of the molecule is CCC1=CC([Si](c2cc(C(C)C)cc(C(C)C)c2)(c2cc(C(C)C)cc(C(C)C)c2)c2cc(C(C)C)cc(C(C)C)c2)C=C1. The first-order chi connectivity index (χ1) is 20.7. The fraction of sp³-hybridized carbons (Fsp3) is 0.488. The van der Waals surface area contributed by atoms with Crippen molar-refractivity contribution in [1.82, 2.24) is 0 Å². The van der Waals surface area contributed by atoms with E-state index in [1.54, 1.807) is 15.6 Å². The molecule has 1 atom stereocenters. The number of allylic oxidation sites excluding steroid dienone is 4. The summed E-state index contributed by atoms with van der Waals surface area (Å²) in [7, 11) is -2.68. The predicted octanol–water partition coefficient (Wildman–Crippen LogP) is 11.2. The van der Waals surface area contributed by atoms with Crippen molar-refractivity contribution in [3.05, 3.63) is 112 Å². The standard InChI is InChI=1S/C43H60Si/c1-14-33-15-16-40(17-33)44(41-21-34(27(2)3)18-35(22-41)28(4)5,42-23-36(29(6)7)19-37(24-42)30(8)9)43-25-38(31(10)11)20-39(26-43)32(12)13/h15-32,40H,14H2,1-13H3. The van der Waals surface area contributed by atoms with Gasteiger partial charge in [0.2, 0.25) is 0 Å². The van der Waals surface area contributed by atoms with Gasteiger partial charge in [-0.05, 0) is 90.9 Å². The van der Waals surface area contributed by atoms with E-state index in [9.17, 15) is 0 Å². The van der Waals surface area contributed by atoms with Crippen molar-refractivity contribution in [1.29, 1.82) is 0 Å². The average Bonchev–Trinajstić information content (AvgIpc) is 3.46. The largest absolute Gasteiger partial charge is 0.158 e. The normalized spacial score (nSPS) is 15.6. The zero-order valence-corrected chi connectivity index (χ0v) is 31.2. The Hall–Kier alpha value is -2.64. The van der Waals surface area contributed by atoms with Crippen molar-refractivity contribution in [2.45, 2.75) is 137 Å². The fourth-order valence-electron chi connectivity index (χ4n) is 6.86. The van der Waals surface area contributed by atoms with Gasteiger partial charge >= 0.3 is 0 Å². The third kappa shape index (κ3) is 6.79. The van der Waals surface area contributed by atoms with Gasteiger partial charge < -0.3 is 0 Å². The average molecular weight is 605 g/mol. The van der Waals surface area contributed by atoms with Gasteiger partial charge in [-0.25, -0.2) is 0 Å². The quantitative estimate of drug-likeness (QED) is 0.151. The van der Waals surface area contributed by atoms with E-state index in [1.807, 2.05) is 0 Å². The molecule has 0 N–H and O–H groups in total. The van der Waals surface area contributed by atoms with Crippen molar-refractivity contribution in [2.75, 3.05) is 0 Å². The molecule has 0 amide bonds. The topological polar surface area (TPSA) is 0 Å². The molecular weight excluding hydrogens is 545 g/mol. The third-order valence-corrected chi connectivity index (χ3v) is 15.1. The molecule has 0 nitrogen and oxygen atoms in total. The second kappa shape index (κ2) is 13.8. The van der Waals surface area contributed by atoms with Crippen LogP contribution in [0.25, 0.3) is 0 Å². The second-order valence-corrected chi connectivity index (χ2v) is 19.4. The van der Waals surface area contributed by atoms with E-state index in [1.165, 1.54) is 39.0 Å². The minimum absolute atomic E-state index is 0.352. The van der Waals surface area contributed by atoms with Gasteiger partial charge in [0.25, 0.3) is 0 Å². The lowest BCUT2D eigenvalue weighted by molar-refractivity contribution is 0.834. The van der Waals surface area contributed by atoms with Gasteiger partial charge in [-0.3, -0.25) is 0 Å². The summed E-state index contributed by atoms with van der Waals surface area (Å²) in [6.45, 7) is 30.7. The summed E-state index contributed by atoms with van der Waals surface area (Å²) in [5.74, 6) is 2.84. The van der Waals surface area contributed by atoms with Crippen LogP contribution in [-0.2, 0) is 0 Å². The Morgan fingerprint density at radius 3 is 0.932 bits per heavy atom. The molecular formula is C43H60Si. The Balaban J connectivity index is 2.31. The van der Waals surface area contributed by atoms with Crippen LogP contribution in [0.1, 0.15) is 165 Å². The van der Waals surface area contributed by atoms with E-state index in [2.05, 4.69) is 163 Å². The molecule has 3 aromatic rings. The molecule has 0 radical (unpaired) electrons. The Morgan fingerprint density at radius 1 is 0.455 bits per heavy atom. The van der Waals surface area contributed by atoms with Gasteiger partial charge in [0.1, 0.15) is 0 Å². The third-order valence-electron chi connectivity index (χ3n) is 10.1. The maximum atomic E-state index is 2.65. The molecule has 0 aliphatic heterocycles. The minimum atomic E-state index is -2.68. The van der Waals surface area contributed by atoms with Crippen molar-refractivity contribution in [3.63, 3.8) is 0 Å². The maximum Gasteiger partial charge on any atom is 0.158 e. The molecule has 44 heavy (non-hydrogen) atoms. The van der Waals surface area contributed by atoms with E-state index in [0.717, 1.165) is 6.42 Å². The molecule has 0 saturated heterocycles. The molecule has 0 saturated carbocycles. The van der Waals surface area contributed by atoms with Crippen LogP contribution in [0.5, 0.6) is 0 Å². The molecule has 1 unspecified atom stereocenters. The second-order valence-electron chi connectivity index (χ2n) is 15.4. The van der Waals surface area contributed by atoms with E-state index >= 15 is 0 Å². The number of hydrogen-bond acceptors (Lipinski definition) is 0. The lowest BCUT2D eigenvalue weighted by atomic mass is 9.95. The van der Waals surface area contributed by atoms with Crippen molar-refractivity contribution < 1.29 is 0 Å². The zero-order valence-electron chi connectivity index (χ0n) is 30.2. The Kier molecular flexibility index (Phi) is 10.7. The molecule has 1 aliphatic carbocycles. The molecule has 1 aliphatic rings. The monoisotopic (exact) mass is 604 g/mol. The molecule has 0 aromatic heterocycles. The highest BCUT2D eigenvalue weighted by Gasteiger charge is 2.47. The Morgan fingerprint density at radius 2 is 0.727 bits per heavy atom. The van der Waals surface area contributed by atoms with Crippen LogP contribution in [0.4, 0.5) is 0 Å². The van der Waals surface area contributed by atoms with Crippen molar-refractivity contribution in [3.8, 4) is 0 Å². The summed E-state index contributed by atoms with van der Waals surface area (Å²) in [5, 5.41) is 4.71.